The number of alkyl halides is 3. The van der Waals surface area contributed by atoms with Gasteiger partial charge in [0.15, 0.2) is 11.5 Å². The summed E-state index contributed by atoms with van der Waals surface area (Å²) in [7, 11) is 0. The van der Waals surface area contributed by atoms with Gasteiger partial charge in [-0.25, -0.2) is 4.98 Å². The molecule has 1 saturated carbocycles. The number of aromatic nitrogens is 1. The Bertz CT molecular complexity index is 770. The molecule has 1 amide bonds. The van der Waals surface area contributed by atoms with Crippen LogP contribution in [-0.4, -0.2) is 28.1 Å². The van der Waals surface area contributed by atoms with Crippen LogP contribution in [0.3, 0.4) is 0 Å². The first-order valence-electron chi connectivity index (χ1n) is 7.79. The van der Waals surface area contributed by atoms with Crippen LogP contribution >= 0.6 is 0 Å². The molecule has 130 valence electrons. The minimum absolute atomic E-state index is 0.00112. The Morgan fingerprint density at radius 3 is 2.75 bits per heavy atom. The number of oxazole rings is 1. The number of benzene rings is 1. The van der Waals surface area contributed by atoms with E-state index in [2.05, 4.69) is 10.3 Å². The molecule has 24 heavy (non-hydrogen) atoms. The summed E-state index contributed by atoms with van der Waals surface area (Å²) >= 11 is 0. The molecule has 3 rings (SSSR count). The molecule has 5 nitrogen and oxygen atoms in total. The minimum Gasteiger partial charge on any atom is -0.440 e. The van der Waals surface area contributed by atoms with Crippen molar-refractivity contribution in [2.75, 3.05) is 0 Å². The molecule has 0 radical (unpaired) electrons. The molecule has 2 atom stereocenters. The summed E-state index contributed by atoms with van der Waals surface area (Å²) in [5, 5.41) is 12.3. The molecule has 1 heterocycles. The monoisotopic (exact) mass is 342 g/mol. The molecule has 1 aliphatic rings. The summed E-state index contributed by atoms with van der Waals surface area (Å²) in [6, 6.07) is 1.61. The Morgan fingerprint density at radius 1 is 1.42 bits per heavy atom. The van der Waals surface area contributed by atoms with Gasteiger partial charge in [-0.15, -0.1) is 0 Å². The Labute approximate surface area is 135 Å². The molecule has 0 spiro atoms. The molecule has 0 saturated heterocycles. The number of nitrogens with one attached hydrogen (secondary N) is 1. The first-order valence-corrected chi connectivity index (χ1v) is 7.79. The van der Waals surface area contributed by atoms with Crippen LogP contribution < -0.4 is 5.32 Å². The van der Waals surface area contributed by atoms with Crippen molar-refractivity contribution in [3.05, 3.63) is 29.2 Å². The van der Waals surface area contributed by atoms with Gasteiger partial charge in [0.2, 0.25) is 0 Å². The lowest BCUT2D eigenvalue weighted by Crippen LogP contribution is -2.39. The van der Waals surface area contributed by atoms with Gasteiger partial charge < -0.3 is 14.8 Å². The fourth-order valence-electron chi connectivity index (χ4n) is 2.93. The SMILES string of the molecule is CCc1nc2cc(C(=O)N[C@H]3CCC[C@H]3O)cc(C(F)(F)F)c2o1. The quantitative estimate of drug-likeness (QED) is 0.899. The van der Waals surface area contributed by atoms with Crippen LogP contribution in [0.4, 0.5) is 13.2 Å². The first kappa shape index (κ1) is 16.8. The van der Waals surface area contributed by atoms with Gasteiger partial charge >= 0.3 is 6.18 Å². The van der Waals surface area contributed by atoms with Crippen molar-refractivity contribution in [2.24, 2.45) is 0 Å². The van der Waals surface area contributed by atoms with Crippen LogP contribution in [0.1, 0.15) is 48.0 Å². The zero-order valence-corrected chi connectivity index (χ0v) is 13.0. The number of hydrogen-bond donors (Lipinski definition) is 2. The summed E-state index contributed by atoms with van der Waals surface area (Å²) in [6.07, 6.45) is -3.04. The van der Waals surface area contributed by atoms with Crippen molar-refractivity contribution < 1.29 is 27.5 Å². The molecule has 2 aromatic rings. The standard InChI is InChI=1S/C16H17F3N2O3/c1-2-13-20-11-7-8(6-9(14(11)24-13)16(17,18)19)15(23)21-10-4-3-5-12(10)22/h6-7,10,12,22H,2-5H2,1H3,(H,21,23)/t10-,12+/m0/s1. The van der Waals surface area contributed by atoms with Crippen molar-refractivity contribution in [1.82, 2.24) is 10.3 Å². The molecule has 0 aliphatic heterocycles. The smallest absolute Gasteiger partial charge is 0.420 e. The summed E-state index contributed by atoms with van der Waals surface area (Å²) in [4.78, 5) is 16.3. The Morgan fingerprint density at radius 2 is 2.17 bits per heavy atom. The molecule has 0 unspecified atom stereocenters. The molecule has 2 N–H and O–H groups in total. The van der Waals surface area contributed by atoms with E-state index < -0.39 is 29.8 Å². The number of amides is 1. The number of aryl methyl sites for hydroxylation is 1. The zero-order chi connectivity index (χ0) is 17.5. The molecule has 1 aromatic heterocycles. The summed E-state index contributed by atoms with van der Waals surface area (Å²) in [6.45, 7) is 1.72. The number of nitrogens with zero attached hydrogens (tertiary/aromatic N) is 1. The van der Waals surface area contributed by atoms with Crippen LogP contribution in [-0.2, 0) is 12.6 Å². The van der Waals surface area contributed by atoms with E-state index in [9.17, 15) is 23.1 Å². The van der Waals surface area contributed by atoms with E-state index in [0.29, 0.717) is 19.3 Å². The van der Waals surface area contributed by atoms with Gasteiger partial charge in [0.25, 0.3) is 5.91 Å². The Hall–Kier alpha value is -2.09. The summed E-state index contributed by atoms with van der Waals surface area (Å²) in [5.74, 6) is -0.478. The van der Waals surface area contributed by atoms with E-state index >= 15 is 0 Å². The number of halogens is 3. The highest BCUT2D eigenvalue weighted by Crippen LogP contribution is 2.36. The van der Waals surface area contributed by atoms with E-state index in [4.69, 9.17) is 4.42 Å². The number of aliphatic hydroxyl groups is 1. The predicted molar refractivity (Wildman–Crippen MR) is 79.5 cm³/mol. The third-order valence-corrected chi connectivity index (χ3v) is 4.20. The number of hydrogen-bond acceptors (Lipinski definition) is 4. The highest BCUT2D eigenvalue weighted by molar-refractivity contribution is 5.98. The number of carbonyl (C=O) groups excluding carboxylic acids is 1. The lowest BCUT2D eigenvalue weighted by molar-refractivity contribution is -0.136. The largest absolute Gasteiger partial charge is 0.440 e. The van der Waals surface area contributed by atoms with Crippen LogP contribution in [0.25, 0.3) is 11.1 Å². The van der Waals surface area contributed by atoms with Crippen LogP contribution in [0.15, 0.2) is 16.5 Å². The second-order valence-corrected chi connectivity index (χ2v) is 5.91. The van der Waals surface area contributed by atoms with Gasteiger partial charge in [0.1, 0.15) is 11.1 Å². The summed E-state index contributed by atoms with van der Waals surface area (Å²) < 4.78 is 45.0. The van der Waals surface area contributed by atoms with Gasteiger partial charge in [-0.05, 0) is 31.4 Å². The van der Waals surface area contributed by atoms with Crippen molar-refractivity contribution in [1.29, 1.82) is 0 Å². The molecule has 8 heteroatoms. The Balaban J connectivity index is 2.00. The van der Waals surface area contributed by atoms with Crippen LogP contribution in [0.2, 0.25) is 0 Å². The third kappa shape index (κ3) is 3.10. The van der Waals surface area contributed by atoms with Crippen molar-refractivity contribution in [3.8, 4) is 0 Å². The number of aliphatic hydroxyl groups excluding tert-OH is 1. The van der Waals surface area contributed by atoms with Gasteiger partial charge in [-0.3, -0.25) is 4.79 Å². The second kappa shape index (κ2) is 6.08. The molecule has 1 aromatic carbocycles. The fourth-order valence-corrected chi connectivity index (χ4v) is 2.93. The second-order valence-electron chi connectivity index (χ2n) is 5.91. The maximum Gasteiger partial charge on any atom is 0.420 e. The van der Waals surface area contributed by atoms with Gasteiger partial charge in [0.05, 0.1) is 12.1 Å². The molecular formula is C16H17F3N2O3. The van der Waals surface area contributed by atoms with Gasteiger partial charge in [-0.2, -0.15) is 13.2 Å². The minimum atomic E-state index is -4.66. The molecule has 1 aliphatic carbocycles. The average molecular weight is 342 g/mol. The highest BCUT2D eigenvalue weighted by Gasteiger charge is 2.36. The Kier molecular flexibility index (Phi) is 4.25. The highest BCUT2D eigenvalue weighted by atomic mass is 19.4. The topological polar surface area (TPSA) is 75.4 Å². The van der Waals surface area contributed by atoms with E-state index in [1.54, 1.807) is 6.92 Å². The normalized spacial score (nSPS) is 21.4. The zero-order valence-electron chi connectivity index (χ0n) is 13.0. The lowest BCUT2D eigenvalue weighted by atomic mass is 10.1. The van der Waals surface area contributed by atoms with Crippen molar-refractivity contribution >= 4 is 17.0 Å². The number of fused-ring (bicyclic) bond motifs is 1. The van der Waals surface area contributed by atoms with E-state index in [1.165, 1.54) is 6.07 Å². The van der Waals surface area contributed by atoms with Gasteiger partial charge in [-0.1, -0.05) is 6.92 Å². The van der Waals surface area contributed by atoms with Crippen LogP contribution in [0.5, 0.6) is 0 Å². The van der Waals surface area contributed by atoms with E-state index in [0.717, 1.165) is 12.5 Å². The number of carbonyl (C=O) groups is 1. The summed E-state index contributed by atoms with van der Waals surface area (Å²) in [5.41, 5.74) is -1.54. The molecule has 1 fully saturated rings. The van der Waals surface area contributed by atoms with E-state index in [1.807, 2.05) is 0 Å². The van der Waals surface area contributed by atoms with Crippen molar-refractivity contribution in [2.45, 2.75) is 50.9 Å². The average Bonchev–Trinajstić information content (AvgIpc) is 3.11. The van der Waals surface area contributed by atoms with Gasteiger partial charge in [0, 0.05) is 12.0 Å². The maximum atomic E-state index is 13.3. The lowest BCUT2D eigenvalue weighted by Gasteiger charge is -2.17. The fraction of sp³-hybridized carbons (Fsp3) is 0.500. The maximum absolute atomic E-state index is 13.3. The van der Waals surface area contributed by atoms with Crippen molar-refractivity contribution in [3.63, 3.8) is 0 Å². The number of rotatable bonds is 3. The third-order valence-electron chi connectivity index (χ3n) is 4.20. The first-order chi connectivity index (χ1) is 11.3. The molecule has 0 bridgehead atoms. The predicted octanol–water partition coefficient (Wildman–Crippen LogP) is 3.05. The molecular weight excluding hydrogens is 325 g/mol. The van der Waals surface area contributed by atoms with E-state index in [-0.39, 0.29) is 22.6 Å². The van der Waals surface area contributed by atoms with Crippen LogP contribution in [0, 0.1) is 0 Å².